The SMILES string of the molecule is CCOC(=O)c1cccc(C2(O)CCCCCCCCCCCCCCCCCCCCCCCCCCCCCCCCCCCCCCCCCCCCCCCCC3(CC2)OCCO3)c1. The Morgan fingerprint density at radius 1 is 0.412 bits per heavy atom. The summed E-state index contributed by atoms with van der Waals surface area (Å²) in [5.74, 6) is -0.944. The second-order valence-electron chi connectivity index (χ2n) is 22.2. The molecule has 1 aromatic carbocycles. The molecule has 5 heteroatoms. The van der Waals surface area contributed by atoms with Gasteiger partial charge in [-0.1, -0.05) is 301 Å². The number of aliphatic hydroxyl groups is 1. The number of hydrogen-bond donors (Lipinski definition) is 1. The van der Waals surface area contributed by atoms with E-state index in [0.29, 0.717) is 44.6 Å². The third-order valence-corrected chi connectivity index (χ3v) is 16.0. The molecule has 1 saturated carbocycles. The van der Waals surface area contributed by atoms with Gasteiger partial charge in [0.1, 0.15) is 0 Å². The van der Waals surface area contributed by atoms with Gasteiger partial charge in [-0.3, -0.25) is 0 Å². The average molecular weight is 952 g/mol. The van der Waals surface area contributed by atoms with Crippen molar-refractivity contribution in [1.29, 1.82) is 0 Å². The Morgan fingerprint density at radius 2 is 0.691 bits per heavy atom. The van der Waals surface area contributed by atoms with E-state index < -0.39 is 11.4 Å². The van der Waals surface area contributed by atoms with Crippen LogP contribution in [0.4, 0.5) is 0 Å². The second kappa shape index (κ2) is 43.2. The molecule has 1 heterocycles. The average Bonchev–Trinajstić information content (AvgIpc) is 3.83. The van der Waals surface area contributed by atoms with Gasteiger partial charge in [-0.25, -0.2) is 4.79 Å². The van der Waals surface area contributed by atoms with E-state index in [0.717, 1.165) is 31.2 Å². The van der Waals surface area contributed by atoms with Crippen LogP contribution < -0.4 is 0 Å². The van der Waals surface area contributed by atoms with Gasteiger partial charge in [0, 0.05) is 12.8 Å². The highest BCUT2D eigenvalue weighted by molar-refractivity contribution is 5.89. The Morgan fingerprint density at radius 3 is 0.985 bits per heavy atom. The van der Waals surface area contributed by atoms with Gasteiger partial charge in [0.25, 0.3) is 0 Å². The lowest BCUT2D eigenvalue weighted by Crippen LogP contribution is -2.35. The van der Waals surface area contributed by atoms with Crippen molar-refractivity contribution in [2.24, 2.45) is 0 Å². The van der Waals surface area contributed by atoms with Crippen LogP contribution in [-0.4, -0.2) is 36.7 Å². The fourth-order valence-corrected chi connectivity index (χ4v) is 11.5. The van der Waals surface area contributed by atoms with Crippen LogP contribution in [0, 0.1) is 0 Å². The summed E-state index contributed by atoms with van der Waals surface area (Å²) in [7, 11) is 0. The number of ether oxygens (including phenoxy) is 3. The monoisotopic (exact) mass is 951 g/mol. The smallest absolute Gasteiger partial charge is 0.338 e. The van der Waals surface area contributed by atoms with Crippen molar-refractivity contribution < 1.29 is 24.1 Å². The summed E-state index contributed by atoms with van der Waals surface area (Å²) in [6, 6.07) is 7.55. The van der Waals surface area contributed by atoms with Crippen LogP contribution in [0.3, 0.4) is 0 Å². The molecule has 396 valence electrons. The molecule has 1 saturated heterocycles. The predicted octanol–water partition coefficient (Wildman–Crippen LogP) is 20.3. The summed E-state index contributed by atoms with van der Waals surface area (Å²) in [4.78, 5) is 12.7. The van der Waals surface area contributed by atoms with E-state index in [4.69, 9.17) is 14.2 Å². The molecule has 0 radical (unpaired) electrons. The second-order valence-corrected chi connectivity index (χ2v) is 22.2. The minimum absolute atomic E-state index is 0.328. The van der Waals surface area contributed by atoms with E-state index in [1.54, 1.807) is 6.07 Å². The first-order valence-corrected chi connectivity index (χ1v) is 30.8. The molecule has 2 aliphatic rings. The third kappa shape index (κ3) is 31.8. The van der Waals surface area contributed by atoms with Gasteiger partial charge < -0.3 is 19.3 Å². The van der Waals surface area contributed by atoms with E-state index >= 15 is 0 Å². The minimum Gasteiger partial charge on any atom is -0.462 e. The van der Waals surface area contributed by atoms with Crippen molar-refractivity contribution >= 4 is 5.97 Å². The fraction of sp³-hybridized carbons (Fsp3) is 0.889. The van der Waals surface area contributed by atoms with Gasteiger partial charge in [-0.05, 0) is 43.9 Å². The summed E-state index contributed by atoms with van der Waals surface area (Å²) in [5.41, 5.74) is 0.272. The molecule has 1 aliphatic heterocycles. The molecule has 1 atom stereocenters. The summed E-state index contributed by atoms with van der Waals surface area (Å²) >= 11 is 0. The first-order chi connectivity index (χ1) is 33.6. The van der Waals surface area contributed by atoms with E-state index in [9.17, 15) is 9.90 Å². The largest absolute Gasteiger partial charge is 0.462 e. The predicted molar refractivity (Wildman–Crippen MR) is 292 cm³/mol. The lowest BCUT2D eigenvalue weighted by atomic mass is 9.81. The van der Waals surface area contributed by atoms with Crippen LogP contribution in [0.2, 0.25) is 0 Å². The van der Waals surface area contributed by atoms with Crippen molar-refractivity contribution in [2.75, 3.05) is 19.8 Å². The lowest BCUT2D eigenvalue weighted by Gasteiger charge is -2.34. The van der Waals surface area contributed by atoms with Crippen molar-refractivity contribution in [3.8, 4) is 0 Å². The molecule has 0 aromatic heterocycles. The Hall–Kier alpha value is -1.43. The molecule has 2 fully saturated rings. The molecule has 3 rings (SSSR count). The summed E-state index contributed by atoms with van der Waals surface area (Å²) in [5, 5.41) is 12.4. The van der Waals surface area contributed by atoms with Crippen LogP contribution in [0.15, 0.2) is 24.3 Å². The lowest BCUT2D eigenvalue weighted by molar-refractivity contribution is -0.177. The standard InChI is InChI=1S/C63H114O5/c1-2-66-61(64)59-50-49-51-60(58-59)62(65)52-47-45-43-41-39-37-35-33-31-29-27-25-23-21-19-17-15-13-11-9-7-5-3-4-6-8-10-12-14-16-18-20-22-24-26-28-30-32-34-36-38-40-42-44-46-48-53-63(55-54-62)67-56-57-68-63/h49-51,58,65H,2-48,52-57H2,1H3. The fourth-order valence-electron chi connectivity index (χ4n) is 11.5. The van der Waals surface area contributed by atoms with E-state index in [1.807, 2.05) is 25.1 Å². The van der Waals surface area contributed by atoms with Crippen LogP contribution in [-0.2, 0) is 19.8 Å². The first kappa shape index (κ1) is 60.9. The normalized spacial score (nSPS) is 25.0. The molecule has 0 bridgehead atoms. The van der Waals surface area contributed by atoms with Crippen molar-refractivity contribution in [3.63, 3.8) is 0 Å². The molecule has 1 aliphatic carbocycles. The molecule has 68 heavy (non-hydrogen) atoms. The van der Waals surface area contributed by atoms with E-state index in [-0.39, 0.29) is 5.97 Å². The summed E-state index contributed by atoms with van der Waals surface area (Å²) < 4.78 is 18.1. The van der Waals surface area contributed by atoms with Crippen molar-refractivity contribution in [1.82, 2.24) is 0 Å². The van der Waals surface area contributed by atoms with Gasteiger partial charge in [0.15, 0.2) is 5.79 Å². The Bertz CT molecular complexity index is 1260. The molecule has 1 N–H and O–H groups in total. The van der Waals surface area contributed by atoms with Crippen LogP contribution in [0.5, 0.6) is 0 Å². The Labute approximate surface area is 423 Å². The molecule has 1 spiro atoms. The molecular formula is C63H114O5. The molecule has 1 unspecified atom stereocenters. The number of rotatable bonds is 3. The minimum atomic E-state index is -1.05. The summed E-state index contributed by atoms with van der Waals surface area (Å²) in [6.07, 6.45) is 67.0. The van der Waals surface area contributed by atoms with Gasteiger partial charge in [-0.15, -0.1) is 0 Å². The van der Waals surface area contributed by atoms with Gasteiger partial charge >= 0.3 is 5.97 Å². The maximum absolute atomic E-state index is 12.7. The number of esters is 1. The van der Waals surface area contributed by atoms with Gasteiger partial charge in [0.05, 0.1) is 31.0 Å². The molecule has 1 aromatic rings. The Kier molecular flexibility index (Phi) is 38.7. The topological polar surface area (TPSA) is 65.0 Å². The van der Waals surface area contributed by atoms with Crippen LogP contribution >= 0.6 is 0 Å². The highest BCUT2D eigenvalue weighted by Crippen LogP contribution is 2.39. The van der Waals surface area contributed by atoms with Crippen molar-refractivity contribution in [2.45, 2.75) is 339 Å². The first-order valence-electron chi connectivity index (χ1n) is 30.8. The molecule has 0 amide bonds. The molecular weight excluding hydrogens is 837 g/mol. The van der Waals surface area contributed by atoms with Crippen LogP contribution in [0.1, 0.15) is 344 Å². The highest BCUT2D eigenvalue weighted by Gasteiger charge is 2.40. The Balaban J connectivity index is 1.37. The zero-order valence-electron chi connectivity index (χ0n) is 45.4. The van der Waals surface area contributed by atoms with Crippen LogP contribution in [0.25, 0.3) is 0 Å². The highest BCUT2D eigenvalue weighted by atomic mass is 16.7. The number of carbonyl (C=O) groups excluding carboxylic acids is 1. The van der Waals surface area contributed by atoms with E-state index in [2.05, 4.69) is 0 Å². The van der Waals surface area contributed by atoms with Gasteiger partial charge in [-0.2, -0.15) is 0 Å². The maximum Gasteiger partial charge on any atom is 0.338 e. The summed E-state index contributed by atoms with van der Waals surface area (Å²) in [6.45, 7) is 3.42. The third-order valence-electron chi connectivity index (χ3n) is 16.0. The zero-order valence-corrected chi connectivity index (χ0v) is 45.4. The zero-order chi connectivity index (χ0) is 48.2. The quantitative estimate of drug-likeness (QED) is 0.306. The van der Waals surface area contributed by atoms with Crippen molar-refractivity contribution in [3.05, 3.63) is 35.4 Å². The number of carbonyl (C=O) groups is 1. The van der Waals surface area contributed by atoms with Gasteiger partial charge in [0.2, 0.25) is 0 Å². The number of hydrogen-bond acceptors (Lipinski definition) is 5. The number of benzene rings is 1. The van der Waals surface area contributed by atoms with E-state index in [1.165, 1.54) is 276 Å². The maximum atomic E-state index is 12.7. The molecule has 5 nitrogen and oxygen atoms in total.